The van der Waals surface area contributed by atoms with Crippen LogP contribution in [0.4, 0.5) is 5.69 Å². The van der Waals surface area contributed by atoms with Crippen LogP contribution < -0.4 is 9.64 Å². The van der Waals surface area contributed by atoms with Crippen molar-refractivity contribution in [3.63, 3.8) is 0 Å². The van der Waals surface area contributed by atoms with Crippen LogP contribution in [0.3, 0.4) is 0 Å². The smallest absolute Gasteiger partial charge is 0.159 e. The van der Waals surface area contributed by atoms with Crippen LogP contribution in [0.1, 0.15) is 60.3 Å². The van der Waals surface area contributed by atoms with Crippen LogP contribution >= 0.6 is 0 Å². The molecule has 2 fully saturated rings. The molecule has 0 N–H and O–H groups in total. The van der Waals surface area contributed by atoms with Crippen LogP contribution in [0.15, 0.2) is 72.8 Å². The molecule has 0 unspecified atom stereocenters. The van der Waals surface area contributed by atoms with Gasteiger partial charge in [-0.3, -0.25) is 0 Å². The summed E-state index contributed by atoms with van der Waals surface area (Å²) in [5.74, 6) is 2.43. The SMILES string of the molecule is COC(OC)C1CCN(c2ccc([C@@H]3c4ccc(OCc5ccccc5)cc4CO[C@@H]3CC3CC3)cc2)CC1. The third-order valence-electron chi connectivity index (χ3n) is 8.79. The molecule has 0 bridgehead atoms. The Hall–Kier alpha value is -2.86. The maximum absolute atomic E-state index is 6.55. The molecule has 0 spiro atoms. The second kappa shape index (κ2) is 12.1. The van der Waals surface area contributed by atoms with E-state index < -0.39 is 0 Å². The average molecular weight is 528 g/mol. The van der Waals surface area contributed by atoms with E-state index in [0.717, 1.165) is 44.0 Å². The van der Waals surface area contributed by atoms with Crippen LogP contribution in [-0.2, 0) is 27.4 Å². The van der Waals surface area contributed by atoms with Crippen LogP contribution in [0.5, 0.6) is 5.75 Å². The van der Waals surface area contributed by atoms with Crippen molar-refractivity contribution < 1.29 is 18.9 Å². The van der Waals surface area contributed by atoms with Crippen molar-refractivity contribution in [2.45, 2.75) is 63.6 Å². The molecule has 39 heavy (non-hydrogen) atoms. The summed E-state index contributed by atoms with van der Waals surface area (Å²) in [6.45, 7) is 3.28. The maximum Gasteiger partial charge on any atom is 0.159 e. The number of methoxy groups -OCH3 is 2. The Morgan fingerprint density at radius 2 is 1.62 bits per heavy atom. The first-order valence-electron chi connectivity index (χ1n) is 14.5. The molecule has 2 atom stereocenters. The van der Waals surface area contributed by atoms with E-state index in [2.05, 4.69) is 71.6 Å². The van der Waals surface area contributed by atoms with Crippen molar-refractivity contribution in [2.75, 3.05) is 32.2 Å². The molecule has 206 valence electrons. The molecule has 1 aliphatic carbocycles. The zero-order valence-corrected chi connectivity index (χ0v) is 23.3. The predicted octanol–water partition coefficient (Wildman–Crippen LogP) is 6.93. The Labute approximate surface area is 233 Å². The molecule has 2 heterocycles. The van der Waals surface area contributed by atoms with Crippen LogP contribution in [0.2, 0.25) is 0 Å². The maximum atomic E-state index is 6.55. The van der Waals surface area contributed by atoms with Gasteiger partial charge in [-0.25, -0.2) is 0 Å². The van der Waals surface area contributed by atoms with Gasteiger partial charge in [0.2, 0.25) is 0 Å². The number of fused-ring (bicyclic) bond motifs is 1. The largest absolute Gasteiger partial charge is 0.489 e. The lowest BCUT2D eigenvalue weighted by Gasteiger charge is -2.37. The molecular formula is C34H41NO4. The summed E-state index contributed by atoms with van der Waals surface area (Å²) in [7, 11) is 3.48. The molecular weight excluding hydrogens is 486 g/mol. The molecule has 1 saturated heterocycles. The summed E-state index contributed by atoms with van der Waals surface area (Å²) >= 11 is 0. The number of rotatable bonds is 10. The Kier molecular flexibility index (Phi) is 8.19. The molecule has 5 heteroatoms. The monoisotopic (exact) mass is 527 g/mol. The summed E-state index contributed by atoms with van der Waals surface area (Å²) < 4.78 is 23.7. The van der Waals surface area contributed by atoms with Crippen LogP contribution in [0, 0.1) is 11.8 Å². The third-order valence-corrected chi connectivity index (χ3v) is 8.79. The summed E-state index contributed by atoms with van der Waals surface area (Å²) in [6.07, 6.45) is 6.11. The van der Waals surface area contributed by atoms with E-state index in [1.165, 1.54) is 40.8 Å². The van der Waals surface area contributed by atoms with Crippen LogP contribution in [0.25, 0.3) is 0 Å². The minimum absolute atomic E-state index is 0.103. The zero-order valence-electron chi connectivity index (χ0n) is 23.3. The number of benzene rings is 3. The topological polar surface area (TPSA) is 40.2 Å². The highest BCUT2D eigenvalue weighted by molar-refractivity contribution is 5.51. The highest BCUT2D eigenvalue weighted by Gasteiger charge is 2.36. The molecule has 1 saturated carbocycles. The van der Waals surface area contributed by atoms with Crippen molar-refractivity contribution in [1.29, 1.82) is 0 Å². The van der Waals surface area contributed by atoms with Crippen molar-refractivity contribution >= 4 is 5.69 Å². The lowest BCUT2D eigenvalue weighted by Crippen LogP contribution is -2.39. The second-order valence-electron chi connectivity index (χ2n) is 11.4. The van der Waals surface area contributed by atoms with Crippen molar-refractivity contribution in [3.8, 4) is 5.75 Å². The van der Waals surface area contributed by atoms with Gasteiger partial charge in [0.1, 0.15) is 12.4 Å². The number of hydrogen-bond acceptors (Lipinski definition) is 5. The van der Waals surface area contributed by atoms with E-state index in [4.69, 9.17) is 18.9 Å². The van der Waals surface area contributed by atoms with Gasteiger partial charge in [0, 0.05) is 44.8 Å². The van der Waals surface area contributed by atoms with E-state index in [1.54, 1.807) is 14.2 Å². The van der Waals surface area contributed by atoms with E-state index >= 15 is 0 Å². The molecule has 0 aromatic heterocycles. The molecule has 3 aromatic rings. The summed E-state index contributed by atoms with van der Waals surface area (Å²) in [5, 5.41) is 0. The Morgan fingerprint density at radius 1 is 0.872 bits per heavy atom. The molecule has 2 aliphatic heterocycles. The Balaban J connectivity index is 1.18. The Bertz CT molecular complexity index is 1200. The fourth-order valence-electron chi connectivity index (χ4n) is 6.42. The predicted molar refractivity (Wildman–Crippen MR) is 154 cm³/mol. The molecule has 0 radical (unpaired) electrons. The highest BCUT2D eigenvalue weighted by atomic mass is 16.7. The second-order valence-corrected chi connectivity index (χ2v) is 11.4. The van der Waals surface area contributed by atoms with E-state index in [-0.39, 0.29) is 18.3 Å². The summed E-state index contributed by atoms with van der Waals surface area (Å²) in [6, 6.07) is 26.2. The molecule has 6 rings (SSSR count). The fraction of sp³-hybridized carbons (Fsp3) is 0.471. The van der Waals surface area contributed by atoms with E-state index in [1.807, 2.05) is 6.07 Å². The van der Waals surface area contributed by atoms with Gasteiger partial charge in [0.15, 0.2) is 6.29 Å². The normalized spacial score (nSPS) is 21.7. The Morgan fingerprint density at radius 3 is 2.31 bits per heavy atom. The summed E-state index contributed by atoms with van der Waals surface area (Å²) in [5.41, 5.74) is 6.45. The van der Waals surface area contributed by atoms with E-state index in [9.17, 15) is 0 Å². The average Bonchev–Trinajstić information content (AvgIpc) is 3.82. The van der Waals surface area contributed by atoms with Crippen molar-refractivity contribution in [3.05, 3.63) is 95.1 Å². The number of ether oxygens (including phenoxy) is 4. The number of nitrogens with zero attached hydrogens (tertiary/aromatic N) is 1. The van der Waals surface area contributed by atoms with Crippen molar-refractivity contribution in [2.24, 2.45) is 11.8 Å². The summed E-state index contributed by atoms with van der Waals surface area (Å²) in [4.78, 5) is 2.49. The van der Waals surface area contributed by atoms with Crippen molar-refractivity contribution in [1.82, 2.24) is 0 Å². The first-order valence-corrected chi connectivity index (χ1v) is 14.5. The lowest BCUT2D eigenvalue weighted by atomic mass is 9.80. The van der Waals surface area contributed by atoms with Gasteiger partial charge in [-0.2, -0.15) is 0 Å². The minimum Gasteiger partial charge on any atom is -0.489 e. The fourth-order valence-corrected chi connectivity index (χ4v) is 6.42. The molecule has 3 aliphatic rings. The molecule has 3 aromatic carbocycles. The minimum atomic E-state index is -0.103. The molecule has 5 nitrogen and oxygen atoms in total. The lowest BCUT2D eigenvalue weighted by molar-refractivity contribution is -0.141. The third kappa shape index (κ3) is 6.16. The quantitative estimate of drug-likeness (QED) is 0.267. The van der Waals surface area contributed by atoms with Gasteiger partial charge in [-0.15, -0.1) is 0 Å². The van der Waals surface area contributed by atoms with Gasteiger partial charge in [0.25, 0.3) is 0 Å². The van der Waals surface area contributed by atoms with Crippen LogP contribution in [-0.4, -0.2) is 39.7 Å². The number of piperidine rings is 1. The number of anilines is 1. The first-order chi connectivity index (χ1) is 19.2. The number of hydrogen-bond donors (Lipinski definition) is 0. The zero-order chi connectivity index (χ0) is 26.6. The van der Waals surface area contributed by atoms with E-state index in [0.29, 0.717) is 19.1 Å². The van der Waals surface area contributed by atoms with Gasteiger partial charge >= 0.3 is 0 Å². The van der Waals surface area contributed by atoms with Gasteiger partial charge in [-0.05, 0) is 71.7 Å². The molecule has 0 amide bonds. The van der Waals surface area contributed by atoms with Gasteiger partial charge in [0.05, 0.1) is 12.7 Å². The first kappa shape index (κ1) is 26.4. The highest BCUT2D eigenvalue weighted by Crippen LogP contribution is 2.44. The van der Waals surface area contributed by atoms with Gasteiger partial charge in [-0.1, -0.05) is 61.4 Å². The van der Waals surface area contributed by atoms with Gasteiger partial charge < -0.3 is 23.8 Å². The standard InChI is InChI=1S/C34H41NO4/c1-36-34(37-2)27-16-18-35(19-17-27)29-12-10-26(11-13-29)33-31-15-14-30(38-22-25-6-4-3-5-7-25)21-28(31)23-39-32(33)20-24-8-9-24/h3-7,10-15,21,24,27,32-34H,8-9,16-20,22-23H2,1-2H3/t32-,33-/m1/s1.